The van der Waals surface area contributed by atoms with Crippen LogP contribution in [-0.2, 0) is 18.5 Å². The lowest BCUT2D eigenvalue weighted by atomic mass is 9.93. The summed E-state index contributed by atoms with van der Waals surface area (Å²) in [4.78, 5) is 7.57. The molecule has 13 heteroatoms. The Balaban J connectivity index is 1.20. The summed E-state index contributed by atoms with van der Waals surface area (Å²) in [5.74, 6) is 0. The number of aromatic nitrogens is 2. The van der Waals surface area contributed by atoms with Crippen LogP contribution in [-0.4, -0.2) is 9.13 Å². The Morgan fingerprint density at radius 2 is 0.838 bits per heavy atom. The Kier molecular flexibility index (Phi) is 11.1. The van der Waals surface area contributed by atoms with E-state index in [-0.39, 0.29) is 16.9 Å². The van der Waals surface area contributed by atoms with Crippen molar-refractivity contribution >= 4 is 55.0 Å². The maximum atomic E-state index is 14.1. The van der Waals surface area contributed by atoms with Crippen molar-refractivity contribution in [2.24, 2.45) is 0 Å². The Morgan fingerprint density at radius 1 is 0.351 bits per heavy atom. The van der Waals surface area contributed by atoms with Gasteiger partial charge in [-0.15, -0.1) is 0 Å². The third-order valence-electron chi connectivity index (χ3n) is 13.5. The Morgan fingerprint density at radius 3 is 1.35 bits per heavy atom. The quantitative estimate of drug-likeness (QED) is 0.117. The van der Waals surface area contributed by atoms with Gasteiger partial charge in [-0.05, 0) is 149 Å². The van der Waals surface area contributed by atoms with Crippen LogP contribution in [0.2, 0.25) is 0 Å². The van der Waals surface area contributed by atoms with E-state index in [0.29, 0.717) is 94.3 Å². The van der Waals surface area contributed by atoms with Crippen LogP contribution in [0.15, 0.2) is 176 Å². The third kappa shape index (κ3) is 8.07. The van der Waals surface area contributed by atoms with Crippen molar-refractivity contribution in [3.8, 4) is 55.9 Å². The molecule has 0 unspecified atom stereocenters. The Bertz CT molecular complexity index is 4210. The van der Waals surface area contributed by atoms with Crippen molar-refractivity contribution in [2.75, 3.05) is 0 Å². The second kappa shape index (κ2) is 17.3. The summed E-state index contributed by atoms with van der Waals surface area (Å²) in [6.07, 6.45) is -13.9. The van der Waals surface area contributed by atoms with E-state index < -0.39 is 35.2 Å². The lowest BCUT2D eigenvalue weighted by Gasteiger charge is -2.21. The van der Waals surface area contributed by atoms with Crippen LogP contribution in [0, 0.1) is 27.0 Å². The number of rotatable bonds is 6. The van der Waals surface area contributed by atoms with E-state index in [1.54, 1.807) is 68.4 Å². The number of para-hydroxylation sites is 2. The summed E-state index contributed by atoms with van der Waals surface area (Å²) >= 11 is 0. The van der Waals surface area contributed by atoms with E-state index in [0.717, 1.165) is 47.2 Å². The number of benzene rings is 9. The maximum Gasteiger partial charge on any atom is 0.416 e. The van der Waals surface area contributed by atoms with Crippen LogP contribution in [0.1, 0.15) is 27.8 Å². The zero-order valence-electron chi connectivity index (χ0n) is 38.9. The standard InChI is InChI=1S/C61H35F9N4/c1-34-24-39(28-42(26-34)60(65,66)67)36-16-21-54-47(30-36)45-10-5-7-13-52(45)73(54)56-23-18-38(44-20-19-41(59(62,63)64)33-51(44)72-4)32-49(56)58-50(71-3)12-9-15-57(58)74-53-14-8-6-11-46(53)48-31-37(17-22-55(48)74)40-25-35(2)27-43(29-40)61(68,69)70/h5-33H,1-2H3. The molecule has 2 heterocycles. The first-order valence-corrected chi connectivity index (χ1v) is 23.0. The van der Waals surface area contributed by atoms with Gasteiger partial charge in [-0.3, -0.25) is 0 Å². The van der Waals surface area contributed by atoms with Crippen LogP contribution >= 0.6 is 0 Å². The van der Waals surface area contributed by atoms with Crippen molar-refractivity contribution in [3.63, 3.8) is 0 Å². The monoisotopic (exact) mass is 994 g/mol. The van der Waals surface area contributed by atoms with Gasteiger partial charge in [-0.2, -0.15) is 39.5 Å². The van der Waals surface area contributed by atoms with E-state index >= 15 is 0 Å². The molecule has 2 aromatic heterocycles. The second-order valence-electron chi connectivity index (χ2n) is 18.2. The van der Waals surface area contributed by atoms with Crippen molar-refractivity contribution in [1.29, 1.82) is 0 Å². The van der Waals surface area contributed by atoms with Gasteiger partial charge in [-0.25, -0.2) is 9.69 Å². The highest BCUT2D eigenvalue weighted by Crippen LogP contribution is 2.48. The lowest BCUT2D eigenvalue weighted by molar-refractivity contribution is -0.138. The van der Waals surface area contributed by atoms with Gasteiger partial charge in [0, 0.05) is 38.4 Å². The first-order valence-electron chi connectivity index (χ1n) is 23.0. The van der Waals surface area contributed by atoms with Gasteiger partial charge in [-0.1, -0.05) is 91.0 Å². The number of alkyl halides is 9. The predicted molar refractivity (Wildman–Crippen MR) is 274 cm³/mol. The molecule has 4 nitrogen and oxygen atoms in total. The average molecular weight is 995 g/mol. The molecular weight excluding hydrogens is 960 g/mol. The lowest BCUT2D eigenvalue weighted by Crippen LogP contribution is -2.05. The van der Waals surface area contributed by atoms with Gasteiger partial charge >= 0.3 is 18.5 Å². The maximum absolute atomic E-state index is 14.1. The van der Waals surface area contributed by atoms with Gasteiger partial charge in [0.15, 0.2) is 11.4 Å². The normalized spacial score (nSPS) is 12.2. The molecule has 0 N–H and O–H groups in total. The van der Waals surface area contributed by atoms with Gasteiger partial charge in [0.2, 0.25) is 0 Å². The van der Waals surface area contributed by atoms with Crippen molar-refractivity contribution in [2.45, 2.75) is 32.4 Å². The molecule has 0 radical (unpaired) electrons. The molecule has 0 fully saturated rings. The molecule has 0 aliphatic carbocycles. The van der Waals surface area contributed by atoms with Crippen LogP contribution < -0.4 is 0 Å². The van der Waals surface area contributed by atoms with Crippen LogP contribution in [0.4, 0.5) is 50.9 Å². The first-order chi connectivity index (χ1) is 35.3. The first kappa shape index (κ1) is 47.3. The number of nitrogens with zero attached hydrogens (tertiary/aromatic N) is 4. The summed E-state index contributed by atoms with van der Waals surface area (Å²) in [5, 5.41) is 2.94. The highest BCUT2D eigenvalue weighted by atomic mass is 19.4. The fourth-order valence-corrected chi connectivity index (χ4v) is 10.3. The zero-order valence-corrected chi connectivity index (χ0v) is 38.9. The molecule has 0 amide bonds. The zero-order chi connectivity index (χ0) is 52.0. The molecule has 0 saturated heterocycles. The summed E-state index contributed by atoms with van der Waals surface area (Å²) in [6, 6.07) is 47.1. The smallest absolute Gasteiger partial charge is 0.310 e. The fraction of sp³-hybridized carbons (Fsp3) is 0.0820. The summed E-state index contributed by atoms with van der Waals surface area (Å²) in [7, 11) is 0. The van der Waals surface area contributed by atoms with Crippen molar-refractivity contribution in [3.05, 3.63) is 227 Å². The predicted octanol–water partition coefficient (Wildman–Crippen LogP) is 19.3. The SMILES string of the molecule is [C-]#[N+]c1cc(C(F)(F)F)ccc1-c1ccc(-n2c3ccccc3c3cc(-c4cc(C)cc(C(F)(F)F)c4)ccc32)c(-c2c([N+]#[C-])cccc2-n2c3ccccc3c3cc(-c4cc(C)cc(C(F)(F)F)c4)ccc32)c1. The second-order valence-corrected chi connectivity index (χ2v) is 18.2. The van der Waals surface area contributed by atoms with Gasteiger partial charge in [0.25, 0.3) is 0 Å². The van der Waals surface area contributed by atoms with E-state index in [2.05, 4.69) is 9.69 Å². The molecule has 9 aromatic carbocycles. The molecule has 0 saturated carbocycles. The summed E-state index contributed by atoms with van der Waals surface area (Å²) in [6.45, 7) is 19.8. The number of aryl methyl sites for hydroxylation is 2. The van der Waals surface area contributed by atoms with Gasteiger partial charge < -0.3 is 9.13 Å². The van der Waals surface area contributed by atoms with E-state index in [1.165, 1.54) is 6.07 Å². The van der Waals surface area contributed by atoms with Gasteiger partial charge in [0.05, 0.1) is 52.0 Å². The highest BCUT2D eigenvalue weighted by molar-refractivity contribution is 6.13. The minimum atomic E-state index is -4.72. The third-order valence-corrected chi connectivity index (χ3v) is 13.5. The van der Waals surface area contributed by atoms with Crippen LogP contribution in [0.25, 0.3) is 109 Å². The van der Waals surface area contributed by atoms with Gasteiger partial charge in [0.1, 0.15) is 0 Å². The van der Waals surface area contributed by atoms with Crippen molar-refractivity contribution < 1.29 is 39.5 Å². The molecule has 362 valence electrons. The molecule has 0 spiro atoms. The molecular formula is C61H35F9N4. The van der Waals surface area contributed by atoms with E-state index in [1.807, 2.05) is 88.0 Å². The topological polar surface area (TPSA) is 18.6 Å². The number of hydrogen-bond donors (Lipinski definition) is 0. The Hall–Kier alpha value is -9.07. The van der Waals surface area contributed by atoms with Crippen LogP contribution in [0.3, 0.4) is 0 Å². The minimum Gasteiger partial charge on any atom is -0.310 e. The molecule has 11 rings (SSSR count). The summed E-state index contributed by atoms with van der Waals surface area (Å²) < 4.78 is 131. The molecule has 0 atom stereocenters. The molecule has 0 aliphatic heterocycles. The molecule has 74 heavy (non-hydrogen) atoms. The molecule has 0 aliphatic rings. The Labute approximate surface area is 417 Å². The van der Waals surface area contributed by atoms with Crippen molar-refractivity contribution in [1.82, 2.24) is 9.13 Å². The molecule has 0 bridgehead atoms. The highest BCUT2D eigenvalue weighted by Gasteiger charge is 2.34. The fourth-order valence-electron chi connectivity index (χ4n) is 10.3. The number of hydrogen-bond acceptors (Lipinski definition) is 0. The average Bonchev–Trinajstić information content (AvgIpc) is 3.89. The largest absolute Gasteiger partial charge is 0.416 e. The van der Waals surface area contributed by atoms with Crippen LogP contribution in [0.5, 0.6) is 0 Å². The number of halogens is 9. The molecule has 11 aromatic rings. The minimum absolute atomic E-state index is 0.198. The van der Waals surface area contributed by atoms with E-state index in [4.69, 9.17) is 13.1 Å². The number of fused-ring (bicyclic) bond motifs is 6. The van der Waals surface area contributed by atoms with E-state index in [9.17, 15) is 39.5 Å². The summed E-state index contributed by atoms with van der Waals surface area (Å²) in [5.41, 5.74) is 5.30.